The molecule has 2 aromatic heterocycles. The fourth-order valence-electron chi connectivity index (χ4n) is 3.13. The highest BCUT2D eigenvalue weighted by Gasteiger charge is 2.15. The largest absolute Gasteiger partial charge is 0.423 e. The zero-order valence-corrected chi connectivity index (χ0v) is 15.8. The average Bonchev–Trinajstić information content (AvgIpc) is 3.14. The molecule has 0 unspecified atom stereocenters. The normalized spacial score (nSPS) is 11.3. The van der Waals surface area contributed by atoms with Crippen LogP contribution in [-0.2, 0) is 0 Å². The van der Waals surface area contributed by atoms with E-state index in [4.69, 9.17) is 9.72 Å². The Morgan fingerprint density at radius 1 is 0.964 bits per heavy atom. The Hall–Kier alpha value is -3.38. The minimum absolute atomic E-state index is 0.277. The van der Waals surface area contributed by atoms with Crippen molar-refractivity contribution in [1.29, 1.82) is 0 Å². The number of hydrogen-bond acceptors (Lipinski definition) is 5. The molecule has 0 aliphatic rings. The standard InChI is InChI=1S/C22H16N4OS/c1-2-12-28-20-18-13-15-8-6-7-9-16(15)14-19(18)26-21(23-20)24-22(25-26)27-17-10-4-3-5-11-17/h2-11,13-14H,1,12H2. The zero-order chi connectivity index (χ0) is 18.9. The van der Waals surface area contributed by atoms with Crippen LogP contribution in [0.4, 0.5) is 0 Å². The summed E-state index contributed by atoms with van der Waals surface area (Å²) in [5, 5.41) is 8.81. The van der Waals surface area contributed by atoms with Crippen LogP contribution in [0.3, 0.4) is 0 Å². The van der Waals surface area contributed by atoms with Gasteiger partial charge in [0.2, 0.25) is 0 Å². The van der Waals surface area contributed by atoms with E-state index in [-0.39, 0.29) is 6.01 Å². The van der Waals surface area contributed by atoms with E-state index in [1.54, 1.807) is 16.3 Å². The molecule has 0 saturated carbocycles. The summed E-state index contributed by atoms with van der Waals surface area (Å²) in [6, 6.07) is 22.3. The van der Waals surface area contributed by atoms with Crippen molar-refractivity contribution in [3.8, 4) is 11.8 Å². The van der Waals surface area contributed by atoms with Crippen molar-refractivity contribution in [1.82, 2.24) is 19.6 Å². The summed E-state index contributed by atoms with van der Waals surface area (Å²) in [4.78, 5) is 9.22. The molecule has 28 heavy (non-hydrogen) atoms. The van der Waals surface area contributed by atoms with Crippen LogP contribution in [0, 0.1) is 0 Å². The third kappa shape index (κ3) is 2.97. The van der Waals surface area contributed by atoms with Gasteiger partial charge in [-0.05, 0) is 35.0 Å². The molecule has 5 nitrogen and oxygen atoms in total. The van der Waals surface area contributed by atoms with Crippen LogP contribution in [0.2, 0.25) is 0 Å². The molecule has 0 radical (unpaired) electrons. The second-order valence-corrected chi connectivity index (χ2v) is 7.26. The quantitative estimate of drug-likeness (QED) is 0.173. The summed E-state index contributed by atoms with van der Waals surface area (Å²) in [7, 11) is 0. The van der Waals surface area contributed by atoms with Gasteiger partial charge >= 0.3 is 6.01 Å². The summed E-state index contributed by atoms with van der Waals surface area (Å²) in [6.45, 7) is 3.82. The van der Waals surface area contributed by atoms with Crippen molar-refractivity contribution in [2.45, 2.75) is 5.03 Å². The number of ether oxygens (including phenoxy) is 1. The highest BCUT2D eigenvalue weighted by Crippen LogP contribution is 2.31. The van der Waals surface area contributed by atoms with Gasteiger partial charge in [0, 0.05) is 11.1 Å². The Balaban J connectivity index is 1.73. The lowest BCUT2D eigenvalue weighted by molar-refractivity contribution is 0.443. The Bertz CT molecular complexity index is 1310. The fourth-order valence-corrected chi connectivity index (χ4v) is 3.87. The predicted molar refractivity (Wildman–Crippen MR) is 113 cm³/mol. The van der Waals surface area contributed by atoms with E-state index in [1.807, 2.05) is 48.5 Å². The number of rotatable bonds is 5. The minimum atomic E-state index is 0.277. The fraction of sp³-hybridized carbons (Fsp3) is 0.0455. The molecule has 0 fully saturated rings. The van der Waals surface area contributed by atoms with Crippen molar-refractivity contribution in [3.63, 3.8) is 0 Å². The SMILES string of the molecule is C=CCSc1nc2nc(Oc3ccccc3)nn2c2cc3ccccc3cc12. The minimum Gasteiger partial charge on any atom is -0.423 e. The maximum absolute atomic E-state index is 5.81. The Labute approximate surface area is 165 Å². The molecule has 0 aliphatic carbocycles. The van der Waals surface area contributed by atoms with Crippen LogP contribution in [0.25, 0.3) is 27.5 Å². The van der Waals surface area contributed by atoms with Gasteiger partial charge in [-0.3, -0.25) is 0 Å². The summed E-state index contributed by atoms with van der Waals surface area (Å²) >= 11 is 1.64. The second-order valence-electron chi connectivity index (χ2n) is 6.25. The average molecular weight is 384 g/mol. The number of thioether (sulfide) groups is 1. The Morgan fingerprint density at radius 2 is 1.71 bits per heavy atom. The van der Waals surface area contributed by atoms with E-state index in [0.717, 1.165) is 32.5 Å². The van der Waals surface area contributed by atoms with Crippen LogP contribution >= 0.6 is 11.8 Å². The van der Waals surface area contributed by atoms with Gasteiger partial charge in [-0.15, -0.1) is 23.4 Å². The summed E-state index contributed by atoms with van der Waals surface area (Å²) in [6.07, 6.45) is 1.87. The van der Waals surface area contributed by atoms with Crippen molar-refractivity contribution in [3.05, 3.63) is 79.4 Å². The number of benzene rings is 3. The first-order chi connectivity index (χ1) is 13.8. The lowest BCUT2D eigenvalue weighted by Crippen LogP contribution is -1.97. The number of aromatic nitrogens is 4. The number of nitrogens with zero attached hydrogens (tertiary/aromatic N) is 4. The van der Waals surface area contributed by atoms with E-state index < -0.39 is 0 Å². The van der Waals surface area contributed by atoms with Gasteiger partial charge in [-0.25, -0.2) is 4.98 Å². The lowest BCUT2D eigenvalue weighted by atomic mass is 10.1. The van der Waals surface area contributed by atoms with Gasteiger partial charge in [0.05, 0.1) is 5.52 Å². The second kappa shape index (κ2) is 6.98. The van der Waals surface area contributed by atoms with E-state index in [9.17, 15) is 0 Å². The maximum atomic E-state index is 5.81. The summed E-state index contributed by atoms with van der Waals surface area (Å²) in [5.74, 6) is 1.97. The molecule has 0 bridgehead atoms. The molecule has 2 heterocycles. The van der Waals surface area contributed by atoms with Crippen LogP contribution < -0.4 is 4.74 Å². The van der Waals surface area contributed by atoms with Crippen molar-refractivity contribution in [2.24, 2.45) is 0 Å². The van der Waals surface area contributed by atoms with E-state index >= 15 is 0 Å². The van der Waals surface area contributed by atoms with Crippen LogP contribution in [0.5, 0.6) is 11.8 Å². The third-order valence-electron chi connectivity index (χ3n) is 4.39. The van der Waals surface area contributed by atoms with Gasteiger partial charge in [-0.1, -0.05) is 48.5 Å². The van der Waals surface area contributed by atoms with E-state index in [2.05, 4.69) is 40.9 Å². The van der Waals surface area contributed by atoms with Gasteiger partial charge in [0.15, 0.2) is 0 Å². The molecule has 5 rings (SSSR count). The molecular formula is C22H16N4OS. The third-order valence-corrected chi connectivity index (χ3v) is 5.37. The lowest BCUT2D eigenvalue weighted by Gasteiger charge is -2.08. The highest BCUT2D eigenvalue weighted by atomic mass is 32.2. The number of fused-ring (bicyclic) bond motifs is 4. The van der Waals surface area contributed by atoms with Gasteiger partial charge in [0.1, 0.15) is 10.8 Å². The Morgan fingerprint density at radius 3 is 2.50 bits per heavy atom. The maximum Gasteiger partial charge on any atom is 0.343 e. The first-order valence-corrected chi connectivity index (χ1v) is 9.86. The van der Waals surface area contributed by atoms with Gasteiger partial charge in [0.25, 0.3) is 5.78 Å². The monoisotopic (exact) mass is 384 g/mol. The molecule has 3 aromatic carbocycles. The van der Waals surface area contributed by atoms with E-state index in [1.165, 1.54) is 0 Å². The first-order valence-electron chi connectivity index (χ1n) is 8.88. The molecule has 5 aromatic rings. The van der Waals surface area contributed by atoms with Gasteiger partial charge in [-0.2, -0.15) is 9.50 Å². The first kappa shape index (κ1) is 16.8. The van der Waals surface area contributed by atoms with Crippen molar-refractivity contribution < 1.29 is 4.74 Å². The Kier molecular flexibility index (Phi) is 4.18. The van der Waals surface area contributed by atoms with Gasteiger partial charge < -0.3 is 4.74 Å². The molecule has 0 spiro atoms. The predicted octanol–water partition coefficient (Wildman–Crippen LogP) is 5.50. The number of hydrogen-bond donors (Lipinski definition) is 0. The van der Waals surface area contributed by atoms with Crippen molar-refractivity contribution >= 4 is 39.2 Å². The van der Waals surface area contributed by atoms with Crippen LogP contribution in [0.1, 0.15) is 0 Å². The molecule has 6 heteroatoms. The van der Waals surface area contributed by atoms with Crippen LogP contribution in [0.15, 0.2) is 84.4 Å². The van der Waals surface area contributed by atoms with E-state index in [0.29, 0.717) is 11.5 Å². The molecular weight excluding hydrogens is 368 g/mol. The summed E-state index contributed by atoms with van der Waals surface area (Å²) < 4.78 is 7.56. The highest BCUT2D eigenvalue weighted by molar-refractivity contribution is 7.99. The van der Waals surface area contributed by atoms with Crippen LogP contribution in [-0.4, -0.2) is 25.3 Å². The molecule has 0 N–H and O–H groups in total. The molecule has 0 aliphatic heterocycles. The molecule has 0 atom stereocenters. The molecule has 136 valence electrons. The molecule has 0 saturated heterocycles. The molecule has 0 amide bonds. The number of para-hydroxylation sites is 1. The summed E-state index contributed by atoms with van der Waals surface area (Å²) in [5.41, 5.74) is 0.950. The topological polar surface area (TPSA) is 52.3 Å². The van der Waals surface area contributed by atoms with Crippen molar-refractivity contribution in [2.75, 3.05) is 5.75 Å². The zero-order valence-electron chi connectivity index (χ0n) is 14.9. The smallest absolute Gasteiger partial charge is 0.343 e.